The molecule has 0 heterocycles. The molecule has 2 aromatic carbocycles. The summed E-state index contributed by atoms with van der Waals surface area (Å²) >= 11 is 0. The lowest BCUT2D eigenvalue weighted by molar-refractivity contribution is 0.168. The van der Waals surface area contributed by atoms with Crippen LogP contribution >= 0.6 is 0 Å². The van der Waals surface area contributed by atoms with Crippen molar-refractivity contribution in [1.29, 1.82) is 0 Å². The highest BCUT2D eigenvalue weighted by atomic mass is 16.5. The van der Waals surface area contributed by atoms with Gasteiger partial charge in [0.1, 0.15) is 12.4 Å². The van der Waals surface area contributed by atoms with Gasteiger partial charge in [-0.25, -0.2) is 4.79 Å². The largest absolute Gasteiger partial charge is 0.489 e. The van der Waals surface area contributed by atoms with Crippen molar-refractivity contribution in [2.24, 2.45) is 0 Å². The Morgan fingerprint density at radius 2 is 1.95 bits per heavy atom. The van der Waals surface area contributed by atoms with Gasteiger partial charge in [0.15, 0.2) is 0 Å². The Morgan fingerprint density at radius 1 is 1.14 bits per heavy atom. The maximum atomic E-state index is 11.4. The van der Waals surface area contributed by atoms with Crippen molar-refractivity contribution in [2.75, 3.05) is 18.5 Å². The van der Waals surface area contributed by atoms with E-state index in [1.165, 1.54) is 0 Å². The van der Waals surface area contributed by atoms with Gasteiger partial charge in [-0.05, 0) is 30.7 Å². The van der Waals surface area contributed by atoms with E-state index in [0.717, 1.165) is 5.56 Å². The second kappa shape index (κ2) is 8.52. The molecule has 22 heavy (non-hydrogen) atoms. The van der Waals surface area contributed by atoms with E-state index in [2.05, 4.69) is 5.32 Å². The lowest BCUT2D eigenvalue weighted by atomic mass is 10.2. The molecular weight excluding hydrogens is 278 g/mol. The minimum Gasteiger partial charge on any atom is -0.489 e. The molecule has 0 atom stereocenters. The molecule has 0 aromatic heterocycles. The number of benzene rings is 2. The van der Waals surface area contributed by atoms with E-state index in [1.54, 1.807) is 19.1 Å². The predicted octanol–water partition coefficient (Wildman–Crippen LogP) is 4.35. The highest BCUT2D eigenvalue weighted by Crippen LogP contribution is 2.17. The molecule has 0 aliphatic carbocycles. The van der Waals surface area contributed by atoms with Crippen LogP contribution in [0.15, 0.2) is 60.7 Å². The summed E-state index contributed by atoms with van der Waals surface area (Å²) in [6, 6.07) is 17.2. The number of anilines is 1. The molecule has 0 saturated carbocycles. The summed E-state index contributed by atoms with van der Waals surface area (Å²) in [4.78, 5) is 11.4. The van der Waals surface area contributed by atoms with E-state index < -0.39 is 6.09 Å². The molecule has 4 nitrogen and oxygen atoms in total. The van der Waals surface area contributed by atoms with Crippen LogP contribution in [0.3, 0.4) is 0 Å². The molecule has 0 spiro atoms. The fourth-order valence-corrected chi connectivity index (χ4v) is 1.84. The van der Waals surface area contributed by atoms with Gasteiger partial charge in [-0.3, -0.25) is 5.32 Å². The zero-order valence-corrected chi connectivity index (χ0v) is 12.5. The van der Waals surface area contributed by atoms with E-state index in [1.807, 2.05) is 54.6 Å². The Kier molecular flexibility index (Phi) is 6.05. The average Bonchev–Trinajstić information content (AvgIpc) is 2.53. The summed E-state index contributed by atoms with van der Waals surface area (Å²) in [5, 5.41) is 2.64. The Bertz CT molecular complexity index is 623. The van der Waals surface area contributed by atoms with Crippen LogP contribution in [-0.4, -0.2) is 19.3 Å². The van der Waals surface area contributed by atoms with Crippen LogP contribution in [0.5, 0.6) is 5.75 Å². The third-order valence-corrected chi connectivity index (χ3v) is 2.81. The van der Waals surface area contributed by atoms with Crippen LogP contribution in [0.4, 0.5) is 10.5 Å². The number of carbonyl (C=O) groups is 1. The summed E-state index contributed by atoms with van der Waals surface area (Å²) in [5.74, 6) is 0.687. The topological polar surface area (TPSA) is 47.6 Å². The number of ether oxygens (including phenoxy) is 2. The van der Waals surface area contributed by atoms with Crippen LogP contribution in [0.1, 0.15) is 12.5 Å². The monoisotopic (exact) mass is 297 g/mol. The summed E-state index contributed by atoms with van der Waals surface area (Å²) in [7, 11) is 0. The van der Waals surface area contributed by atoms with Gasteiger partial charge in [0, 0.05) is 11.8 Å². The number of rotatable bonds is 6. The molecule has 0 radical (unpaired) electrons. The number of hydrogen-bond acceptors (Lipinski definition) is 3. The summed E-state index contributed by atoms with van der Waals surface area (Å²) in [5.41, 5.74) is 1.77. The van der Waals surface area contributed by atoms with E-state index >= 15 is 0 Å². The number of hydrogen-bond donors (Lipinski definition) is 1. The van der Waals surface area contributed by atoms with Gasteiger partial charge in [0.25, 0.3) is 0 Å². The first-order chi connectivity index (χ1) is 10.8. The summed E-state index contributed by atoms with van der Waals surface area (Å²) in [6.07, 6.45) is 3.48. The van der Waals surface area contributed by atoms with Gasteiger partial charge in [0.05, 0.1) is 6.61 Å². The van der Waals surface area contributed by atoms with Gasteiger partial charge in [-0.15, -0.1) is 0 Å². The fraction of sp³-hybridized carbons (Fsp3) is 0.167. The lowest BCUT2D eigenvalue weighted by Gasteiger charge is -2.07. The van der Waals surface area contributed by atoms with Crippen molar-refractivity contribution < 1.29 is 14.3 Å². The average molecular weight is 297 g/mol. The second-order valence-electron chi connectivity index (χ2n) is 4.50. The SMILES string of the molecule is CCOC(=O)Nc1cccc(OC/C=C/c2ccccc2)c1. The summed E-state index contributed by atoms with van der Waals surface area (Å²) < 4.78 is 10.5. The van der Waals surface area contributed by atoms with Crippen molar-refractivity contribution in [3.63, 3.8) is 0 Å². The Morgan fingerprint density at radius 3 is 2.73 bits per heavy atom. The van der Waals surface area contributed by atoms with E-state index in [-0.39, 0.29) is 0 Å². The summed E-state index contributed by atoms with van der Waals surface area (Å²) in [6.45, 7) is 2.56. The third-order valence-electron chi connectivity index (χ3n) is 2.81. The minimum atomic E-state index is -0.469. The first kappa shape index (κ1) is 15.6. The fourth-order valence-electron chi connectivity index (χ4n) is 1.84. The smallest absolute Gasteiger partial charge is 0.411 e. The van der Waals surface area contributed by atoms with Crippen molar-refractivity contribution in [3.8, 4) is 5.75 Å². The van der Waals surface area contributed by atoms with Gasteiger partial charge < -0.3 is 9.47 Å². The molecule has 0 saturated heterocycles. The zero-order valence-electron chi connectivity index (χ0n) is 12.5. The van der Waals surface area contributed by atoms with Crippen LogP contribution in [0, 0.1) is 0 Å². The molecule has 114 valence electrons. The first-order valence-corrected chi connectivity index (χ1v) is 7.16. The van der Waals surface area contributed by atoms with Crippen LogP contribution < -0.4 is 10.1 Å². The standard InChI is InChI=1S/C18H19NO3/c1-2-21-18(20)19-16-11-6-12-17(14-16)22-13-7-10-15-8-4-3-5-9-15/h3-12,14H,2,13H2,1H3,(H,19,20)/b10-7+. The third kappa shape index (κ3) is 5.32. The highest BCUT2D eigenvalue weighted by molar-refractivity contribution is 5.84. The van der Waals surface area contributed by atoms with Crippen LogP contribution in [0.2, 0.25) is 0 Å². The quantitative estimate of drug-likeness (QED) is 0.862. The molecule has 1 N–H and O–H groups in total. The number of carbonyl (C=O) groups excluding carboxylic acids is 1. The van der Waals surface area contributed by atoms with Crippen LogP contribution in [-0.2, 0) is 4.74 Å². The minimum absolute atomic E-state index is 0.340. The van der Waals surface area contributed by atoms with Crippen LogP contribution in [0.25, 0.3) is 6.08 Å². The van der Waals surface area contributed by atoms with Crippen molar-refractivity contribution >= 4 is 17.9 Å². The maximum Gasteiger partial charge on any atom is 0.411 e. The Balaban J connectivity index is 1.85. The molecule has 0 aliphatic rings. The molecule has 1 amide bonds. The molecule has 0 unspecified atom stereocenters. The van der Waals surface area contributed by atoms with Crippen molar-refractivity contribution in [1.82, 2.24) is 0 Å². The van der Waals surface area contributed by atoms with Gasteiger partial charge in [-0.2, -0.15) is 0 Å². The molecule has 4 heteroatoms. The Hall–Kier alpha value is -2.75. The molecule has 2 rings (SSSR count). The molecular formula is C18H19NO3. The Labute approximate surface area is 130 Å². The van der Waals surface area contributed by atoms with Gasteiger partial charge in [0.2, 0.25) is 0 Å². The van der Waals surface area contributed by atoms with Gasteiger partial charge >= 0.3 is 6.09 Å². The molecule has 0 aliphatic heterocycles. The number of amides is 1. The van der Waals surface area contributed by atoms with E-state index in [9.17, 15) is 4.79 Å². The highest BCUT2D eigenvalue weighted by Gasteiger charge is 2.02. The van der Waals surface area contributed by atoms with Gasteiger partial charge in [-0.1, -0.05) is 42.5 Å². The van der Waals surface area contributed by atoms with E-state index in [0.29, 0.717) is 24.7 Å². The predicted molar refractivity (Wildman–Crippen MR) is 88.1 cm³/mol. The second-order valence-corrected chi connectivity index (χ2v) is 4.50. The van der Waals surface area contributed by atoms with Crippen molar-refractivity contribution in [3.05, 3.63) is 66.2 Å². The van der Waals surface area contributed by atoms with Crippen molar-refractivity contribution in [2.45, 2.75) is 6.92 Å². The zero-order chi connectivity index (χ0) is 15.6. The first-order valence-electron chi connectivity index (χ1n) is 7.16. The van der Waals surface area contributed by atoms with E-state index in [4.69, 9.17) is 9.47 Å². The number of nitrogens with one attached hydrogen (secondary N) is 1. The lowest BCUT2D eigenvalue weighted by Crippen LogP contribution is -2.13. The molecule has 2 aromatic rings. The molecule has 0 bridgehead atoms. The normalized spacial score (nSPS) is 10.4. The maximum absolute atomic E-state index is 11.4. The molecule has 0 fully saturated rings.